The van der Waals surface area contributed by atoms with Crippen molar-refractivity contribution in [1.29, 1.82) is 0 Å². The molecule has 0 amide bonds. The molecule has 88 valence electrons. The van der Waals surface area contributed by atoms with Gasteiger partial charge in [0.15, 0.2) is 11.6 Å². The molecule has 1 aromatic carbocycles. The summed E-state index contributed by atoms with van der Waals surface area (Å²) in [6.07, 6.45) is 6.05. The molecular formula is C13H13FN2O. The molecule has 0 bridgehead atoms. The van der Waals surface area contributed by atoms with Gasteiger partial charge in [0.05, 0.1) is 6.20 Å². The fourth-order valence-electron chi connectivity index (χ4n) is 1.92. The zero-order valence-electron chi connectivity index (χ0n) is 9.31. The molecule has 1 saturated carbocycles. The SMILES string of the molecule is Oc1c(F)cccc1-c1cnn(CC2CC2)c1. The standard InChI is InChI=1S/C13H13FN2O/c14-12-3-1-2-11(13(12)17)10-6-15-16(8-10)7-9-4-5-9/h1-3,6,8-9,17H,4-5,7H2. The van der Waals surface area contributed by atoms with E-state index in [0.29, 0.717) is 5.56 Å². The Bertz CT molecular complexity index is 546. The van der Waals surface area contributed by atoms with Crippen molar-refractivity contribution in [2.24, 2.45) is 5.92 Å². The van der Waals surface area contributed by atoms with Crippen LogP contribution in [0, 0.1) is 11.7 Å². The molecule has 2 aromatic rings. The molecule has 0 aliphatic heterocycles. The van der Waals surface area contributed by atoms with E-state index in [1.54, 1.807) is 18.3 Å². The number of phenolic OH excluding ortho intramolecular Hbond substituents is 1. The predicted octanol–water partition coefficient (Wildman–Crippen LogP) is 2.80. The topological polar surface area (TPSA) is 38.1 Å². The number of para-hydroxylation sites is 1. The second-order valence-electron chi connectivity index (χ2n) is 4.53. The van der Waals surface area contributed by atoms with Crippen molar-refractivity contribution in [2.75, 3.05) is 0 Å². The third kappa shape index (κ3) is 2.02. The van der Waals surface area contributed by atoms with Gasteiger partial charge in [0, 0.05) is 23.9 Å². The van der Waals surface area contributed by atoms with Crippen LogP contribution in [0.2, 0.25) is 0 Å². The highest BCUT2D eigenvalue weighted by Crippen LogP contribution is 2.33. The molecule has 1 fully saturated rings. The predicted molar refractivity (Wildman–Crippen MR) is 62.0 cm³/mol. The molecule has 1 aliphatic carbocycles. The third-order valence-corrected chi connectivity index (χ3v) is 3.07. The zero-order chi connectivity index (χ0) is 11.8. The molecule has 17 heavy (non-hydrogen) atoms. The number of aromatic hydroxyl groups is 1. The van der Waals surface area contributed by atoms with Crippen LogP contribution in [0.25, 0.3) is 11.1 Å². The van der Waals surface area contributed by atoms with E-state index in [-0.39, 0.29) is 5.75 Å². The van der Waals surface area contributed by atoms with E-state index in [1.807, 2.05) is 10.9 Å². The van der Waals surface area contributed by atoms with E-state index in [2.05, 4.69) is 5.10 Å². The van der Waals surface area contributed by atoms with Gasteiger partial charge in [0.25, 0.3) is 0 Å². The molecule has 1 aromatic heterocycles. The van der Waals surface area contributed by atoms with Gasteiger partial charge in [0.1, 0.15) is 0 Å². The molecule has 0 unspecified atom stereocenters. The third-order valence-electron chi connectivity index (χ3n) is 3.07. The van der Waals surface area contributed by atoms with Gasteiger partial charge in [-0.1, -0.05) is 12.1 Å². The summed E-state index contributed by atoms with van der Waals surface area (Å²) in [5, 5.41) is 13.9. The van der Waals surface area contributed by atoms with Crippen molar-refractivity contribution < 1.29 is 9.50 Å². The summed E-state index contributed by atoms with van der Waals surface area (Å²) in [5.74, 6) is -0.167. The summed E-state index contributed by atoms with van der Waals surface area (Å²) in [6, 6.07) is 4.52. The first-order chi connectivity index (χ1) is 8.24. The Morgan fingerprint density at radius 3 is 3.00 bits per heavy atom. The van der Waals surface area contributed by atoms with Crippen LogP contribution in [-0.4, -0.2) is 14.9 Å². The number of phenols is 1. The highest BCUT2D eigenvalue weighted by Gasteiger charge is 2.22. The van der Waals surface area contributed by atoms with Gasteiger partial charge < -0.3 is 5.11 Å². The quantitative estimate of drug-likeness (QED) is 0.883. The van der Waals surface area contributed by atoms with Gasteiger partial charge >= 0.3 is 0 Å². The molecular weight excluding hydrogens is 219 g/mol. The molecule has 3 nitrogen and oxygen atoms in total. The average Bonchev–Trinajstić information content (AvgIpc) is 3.00. The maximum atomic E-state index is 13.2. The number of hydrogen-bond acceptors (Lipinski definition) is 2. The Balaban J connectivity index is 1.91. The van der Waals surface area contributed by atoms with Crippen LogP contribution in [0.4, 0.5) is 4.39 Å². The average molecular weight is 232 g/mol. The first-order valence-electron chi connectivity index (χ1n) is 5.74. The van der Waals surface area contributed by atoms with Gasteiger partial charge in [-0.3, -0.25) is 4.68 Å². The fourth-order valence-corrected chi connectivity index (χ4v) is 1.92. The Labute approximate surface area is 98.5 Å². The van der Waals surface area contributed by atoms with E-state index in [4.69, 9.17) is 0 Å². The van der Waals surface area contributed by atoms with Crippen LogP contribution >= 0.6 is 0 Å². The summed E-state index contributed by atoms with van der Waals surface area (Å²) in [7, 11) is 0. The molecule has 1 N–H and O–H groups in total. The lowest BCUT2D eigenvalue weighted by Gasteiger charge is -2.02. The normalized spacial score (nSPS) is 15.1. The Hall–Kier alpha value is -1.84. The maximum absolute atomic E-state index is 13.2. The largest absolute Gasteiger partial charge is 0.504 e. The highest BCUT2D eigenvalue weighted by atomic mass is 19.1. The molecule has 0 radical (unpaired) electrons. The van der Waals surface area contributed by atoms with E-state index >= 15 is 0 Å². The van der Waals surface area contributed by atoms with E-state index < -0.39 is 5.82 Å². The number of aromatic nitrogens is 2. The minimum absolute atomic E-state index is 0.307. The Morgan fingerprint density at radius 1 is 1.41 bits per heavy atom. The Morgan fingerprint density at radius 2 is 2.24 bits per heavy atom. The highest BCUT2D eigenvalue weighted by molar-refractivity contribution is 5.68. The van der Waals surface area contributed by atoms with Crippen LogP contribution in [0.1, 0.15) is 12.8 Å². The van der Waals surface area contributed by atoms with Crippen molar-refractivity contribution in [2.45, 2.75) is 19.4 Å². The zero-order valence-corrected chi connectivity index (χ0v) is 9.31. The van der Waals surface area contributed by atoms with Crippen molar-refractivity contribution >= 4 is 0 Å². The number of hydrogen-bond donors (Lipinski definition) is 1. The summed E-state index contributed by atoms with van der Waals surface area (Å²) < 4.78 is 15.1. The van der Waals surface area contributed by atoms with Crippen molar-refractivity contribution in [3.63, 3.8) is 0 Å². The second-order valence-corrected chi connectivity index (χ2v) is 4.53. The smallest absolute Gasteiger partial charge is 0.165 e. The summed E-state index contributed by atoms with van der Waals surface area (Å²) >= 11 is 0. The van der Waals surface area contributed by atoms with Gasteiger partial charge in [-0.2, -0.15) is 5.10 Å². The summed E-state index contributed by atoms with van der Waals surface area (Å²) in [6.45, 7) is 0.913. The minimum atomic E-state index is -0.600. The van der Waals surface area contributed by atoms with E-state index in [9.17, 15) is 9.50 Å². The number of rotatable bonds is 3. The molecule has 1 aliphatic rings. The molecule has 0 atom stereocenters. The molecule has 1 heterocycles. The maximum Gasteiger partial charge on any atom is 0.165 e. The van der Waals surface area contributed by atoms with Crippen LogP contribution in [0.15, 0.2) is 30.6 Å². The number of halogens is 1. The van der Waals surface area contributed by atoms with Gasteiger partial charge in [0.2, 0.25) is 0 Å². The molecule has 4 heteroatoms. The van der Waals surface area contributed by atoms with Crippen LogP contribution in [-0.2, 0) is 6.54 Å². The van der Waals surface area contributed by atoms with E-state index in [1.165, 1.54) is 18.9 Å². The number of benzene rings is 1. The monoisotopic (exact) mass is 232 g/mol. The van der Waals surface area contributed by atoms with Crippen molar-refractivity contribution in [1.82, 2.24) is 9.78 Å². The lowest BCUT2D eigenvalue weighted by molar-refractivity contribution is 0.434. The van der Waals surface area contributed by atoms with E-state index in [0.717, 1.165) is 18.0 Å². The van der Waals surface area contributed by atoms with Crippen molar-refractivity contribution in [3.05, 3.63) is 36.4 Å². The van der Waals surface area contributed by atoms with Crippen LogP contribution in [0.5, 0.6) is 5.75 Å². The summed E-state index contributed by atoms with van der Waals surface area (Å²) in [5.41, 5.74) is 1.25. The van der Waals surface area contributed by atoms with Crippen LogP contribution < -0.4 is 0 Å². The second kappa shape index (κ2) is 3.87. The minimum Gasteiger partial charge on any atom is -0.504 e. The molecule has 0 spiro atoms. The molecule has 0 saturated heterocycles. The lowest BCUT2D eigenvalue weighted by atomic mass is 10.1. The summed E-state index contributed by atoms with van der Waals surface area (Å²) in [4.78, 5) is 0. The van der Waals surface area contributed by atoms with Gasteiger partial charge in [-0.15, -0.1) is 0 Å². The fraction of sp³-hybridized carbons (Fsp3) is 0.308. The first kappa shape index (κ1) is 10.3. The first-order valence-corrected chi connectivity index (χ1v) is 5.74. The van der Waals surface area contributed by atoms with Crippen molar-refractivity contribution in [3.8, 4) is 16.9 Å². The molecule has 3 rings (SSSR count). The lowest BCUT2D eigenvalue weighted by Crippen LogP contribution is -1.98. The van der Waals surface area contributed by atoms with Crippen LogP contribution in [0.3, 0.4) is 0 Å². The number of nitrogens with zero attached hydrogens (tertiary/aromatic N) is 2. The van der Waals surface area contributed by atoms with Gasteiger partial charge in [-0.05, 0) is 24.8 Å². The Kier molecular flexibility index (Phi) is 2.35. The van der Waals surface area contributed by atoms with Gasteiger partial charge in [-0.25, -0.2) is 4.39 Å².